The number of benzene rings is 2. The van der Waals surface area contributed by atoms with Crippen LogP contribution in [0.15, 0.2) is 53.6 Å². The highest BCUT2D eigenvalue weighted by Crippen LogP contribution is 2.25. The second-order valence-electron chi connectivity index (χ2n) is 8.76. The number of nitrogens with one attached hydrogen (secondary N) is 2. The van der Waals surface area contributed by atoms with E-state index in [1.807, 2.05) is 24.3 Å². The fourth-order valence-corrected chi connectivity index (χ4v) is 6.10. The number of hydrogen-bond donors (Lipinski definition) is 2. The molecule has 3 heterocycles. The van der Waals surface area contributed by atoms with Crippen molar-refractivity contribution in [2.45, 2.75) is 24.4 Å². The fourth-order valence-electron chi connectivity index (χ4n) is 4.53. The molecule has 8 nitrogen and oxygen atoms in total. The van der Waals surface area contributed by atoms with Gasteiger partial charge in [0.2, 0.25) is 5.91 Å². The van der Waals surface area contributed by atoms with Crippen molar-refractivity contribution in [1.29, 1.82) is 5.41 Å². The summed E-state index contributed by atoms with van der Waals surface area (Å²) in [5, 5.41) is 9.66. The third-order valence-corrected chi connectivity index (χ3v) is 8.48. The lowest BCUT2D eigenvalue weighted by atomic mass is 10.1. The Balaban J connectivity index is 1.23. The quantitative estimate of drug-likeness (QED) is 0.415. The van der Waals surface area contributed by atoms with Gasteiger partial charge in [-0.1, -0.05) is 35.9 Å². The van der Waals surface area contributed by atoms with Gasteiger partial charge < -0.3 is 14.8 Å². The van der Waals surface area contributed by atoms with Crippen LogP contribution in [-0.2, 0) is 21.4 Å². The third kappa shape index (κ3) is 4.43. The van der Waals surface area contributed by atoms with Crippen LogP contribution in [0.1, 0.15) is 24.0 Å². The zero-order valence-electron chi connectivity index (χ0n) is 18.6. The molecule has 2 N–H and O–H groups in total. The molecule has 0 spiro atoms. The Labute approximate surface area is 203 Å². The van der Waals surface area contributed by atoms with Crippen molar-refractivity contribution in [2.24, 2.45) is 0 Å². The van der Waals surface area contributed by atoms with Crippen LogP contribution in [0.25, 0.3) is 10.9 Å². The highest BCUT2D eigenvalue weighted by atomic mass is 35.5. The molecule has 3 aromatic rings. The van der Waals surface area contributed by atoms with E-state index in [1.54, 1.807) is 29.2 Å². The van der Waals surface area contributed by atoms with E-state index in [1.165, 1.54) is 4.31 Å². The van der Waals surface area contributed by atoms with E-state index >= 15 is 0 Å². The third-order valence-electron chi connectivity index (χ3n) is 6.48. The van der Waals surface area contributed by atoms with E-state index in [9.17, 15) is 13.2 Å². The van der Waals surface area contributed by atoms with Crippen LogP contribution >= 0.6 is 11.6 Å². The molecule has 34 heavy (non-hydrogen) atoms. The van der Waals surface area contributed by atoms with Gasteiger partial charge in [-0.15, -0.1) is 0 Å². The number of amides is 1. The van der Waals surface area contributed by atoms with E-state index < -0.39 is 10.0 Å². The molecule has 0 unspecified atom stereocenters. The van der Waals surface area contributed by atoms with Gasteiger partial charge in [-0.25, -0.2) is 8.42 Å². The maximum Gasteiger partial charge on any atom is 0.259 e. The van der Waals surface area contributed by atoms with Crippen molar-refractivity contribution < 1.29 is 13.2 Å². The normalized spacial score (nSPS) is 17.6. The number of carbonyl (C=O) groups excluding carboxylic acids is 1. The molecule has 2 saturated heterocycles. The van der Waals surface area contributed by atoms with Crippen LogP contribution in [0.4, 0.5) is 0 Å². The molecular weight excluding hydrogens is 474 g/mol. The number of sulfonamides is 1. The lowest BCUT2D eigenvalue weighted by molar-refractivity contribution is -0.134. The number of nitrogens with zero attached hydrogens (tertiary/aromatic N) is 3. The van der Waals surface area contributed by atoms with Crippen LogP contribution in [0.5, 0.6) is 0 Å². The highest BCUT2D eigenvalue weighted by molar-refractivity contribution is 7.89. The molecule has 0 bridgehead atoms. The molecule has 0 atom stereocenters. The summed E-state index contributed by atoms with van der Waals surface area (Å²) in [5.74, 6) is 0.307. The average Bonchev–Trinajstić information content (AvgIpc) is 3.50. The van der Waals surface area contributed by atoms with Crippen molar-refractivity contribution in [3.63, 3.8) is 0 Å². The van der Waals surface area contributed by atoms with E-state index in [-0.39, 0.29) is 24.0 Å². The Morgan fingerprint density at radius 3 is 2.44 bits per heavy atom. The molecule has 10 heteroatoms. The molecular formula is C24H26ClN5O3S. The lowest BCUT2D eigenvalue weighted by Gasteiger charge is -2.33. The second kappa shape index (κ2) is 9.05. The first-order valence-electron chi connectivity index (χ1n) is 11.3. The van der Waals surface area contributed by atoms with Gasteiger partial charge in [0.05, 0.1) is 6.54 Å². The van der Waals surface area contributed by atoms with Gasteiger partial charge in [-0.2, -0.15) is 4.31 Å². The van der Waals surface area contributed by atoms with Crippen molar-refractivity contribution in [3.8, 4) is 0 Å². The minimum atomic E-state index is -3.83. The van der Waals surface area contributed by atoms with Gasteiger partial charge in [-0.3, -0.25) is 10.2 Å². The standard InChI is InChI=1S/C24H26ClN5O3S/c25-20-7-8-21-19(13-20)14-22(27-21)34(32,33)30-12-11-29(23(31)16-30)15-17-3-5-18(6-4-17)24(26)28-9-1-2-10-28/h3-8,13-14,26-27H,1-2,9-12,15-16H2. The molecule has 0 saturated carbocycles. The van der Waals surface area contributed by atoms with Crippen LogP contribution < -0.4 is 0 Å². The molecule has 5 rings (SSSR count). The molecule has 0 aliphatic carbocycles. The number of halogens is 1. The molecule has 2 aliphatic heterocycles. The smallest absolute Gasteiger partial charge is 0.259 e. The zero-order valence-corrected chi connectivity index (χ0v) is 20.2. The number of likely N-dealkylation sites (tertiary alicyclic amines) is 1. The predicted molar refractivity (Wildman–Crippen MR) is 132 cm³/mol. The first-order chi connectivity index (χ1) is 16.3. The van der Waals surface area contributed by atoms with Crippen molar-refractivity contribution in [3.05, 3.63) is 64.7 Å². The Bertz CT molecular complexity index is 1350. The summed E-state index contributed by atoms with van der Waals surface area (Å²) >= 11 is 6.01. The van der Waals surface area contributed by atoms with Gasteiger partial charge in [0.1, 0.15) is 10.9 Å². The van der Waals surface area contributed by atoms with E-state index in [0.717, 1.165) is 37.1 Å². The number of hydrogen-bond acceptors (Lipinski definition) is 4. The Morgan fingerprint density at radius 2 is 1.74 bits per heavy atom. The Hall–Kier alpha value is -2.88. The summed E-state index contributed by atoms with van der Waals surface area (Å²) in [6.45, 7) is 2.60. The molecule has 2 fully saturated rings. The summed E-state index contributed by atoms with van der Waals surface area (Å²) in [5.41, 5.74) is 2.50. The summed E-state index contributed by atoms with van der Waals surface area (Å²) in [7, 11) is -3.83. The number of H-pyrrole nitrogens is 1. The number of aromatic amines is 1. The van der Waals surface area contributed by atoms with Crippen molar-refractivity contribution in [2.75, 3.05) is 32.7 Å². The van der Waals surface area contributed by atoms with Gasteiger partial charge in [0, 0.05) is 54.2 Å². The zero-order chi connectivity index (χ0) is 23.9. The number of amidine groups is 1. The number of piperazine rings is 1. The Kier molecular flexibility index (Phi) is 6.09. The summed E-state index contributed by atoms with van der Waals surface area (Å²) in [6, 6.07) is 14.4. The van der Waals surface area contributed by atoms with E-state index in [4.69, 9.17) is 17.0 Å². The monoisotopic (exact) mass is 499 g/mol. The lowest BCUT2D eigenvalue weighted by Crippen LogP contribution is -2.51. The number of carbonyl (C=O) groups is 1. The van der Waals surface area contributed by atoms with E-state index in [0.29, 0.717) is 34.9 Å². The predicted octanol–water partition coefficient (Wildman–Crippen LogP) is 3.28. The van der Waals surface area contributed by atoms with Crippen LogP contribution in [0.2, 0.25) is 5.02 Å². The first-order valence-corrected chi connectivity index (χ1v) is 13.1. The number of fused-ring (bicyclic) bond motifs is 1. The van der Waals surface area contributed by atoms with Gasteiger partial charge in [0.25, 0.3) is 10.0 Å². The van der Waals surface area contributed by atoms with Gasteiger partial charge in [-0.05, 0) is 42.7 Å². The van der Waals surface area contributed by atoms with Gasteiger partial charge >= 0.3 is 0 Å². The molecule has 1 aromatic heterocycles. The maximum atomic E-state index is 13.1. The molecule has 0 radical (unpaired) electrons. The molecule has 2 aliphatic rings. The minimum Gasteiger partial charge on any atom is -0.357 e. The number of aromatic nitrogens is 1. The van der Waals surface area contributed by atoms with E-state index in [2.05, 4.69) is 9.88 Å². The SMILES string of the molecule is N=C(c1ccc(CN2CCN(S(=O)(=O)c3cc4cc(Cl)ccc4[nH]3)CC2=O)cc1)N1CCCC1. The maximum absolute atomic E-state index is 13.1. The summed E-state index contributed by atoms with van der Waals surface area (Å²) in [4.78, 5) is 19.5. The van der Waals surface area contributed by atoms with Crippen LogP contribution in [-0.4, -0.2) is 72.0 Å². The number of rotatable bonds is 5. The molecule has 1 amide bonds. The topological polar surface area (TPSA) is 101 Å². The minimum absolute atomic E-state index is 0.0575. The molecule has 2 aromatic carbocycles. The fraction of sp³-hybridized carbons (Fsp3) is 0.333. The first kappa shape index (κ1) is 22.9. The Morgan fingerprint density at radius 1 is 1.00 bits per heavy atom. The highest BCUT2D eigenvalue weighted by Gasteiger charge is 2.33. The van der Waals surface area contributed by atoms with Crippen LogP contribution in [0, 0.1) is 5.41 Å². The largest absolute Gasteiger partial charge is 0.357 e. The second-order valence-corrected chi connectivity index (χ2v) is 11.1. The van der Waals surface area contributed by atoms with Crippen molar-refractivity contribution >= 4 is 44.3 Å². The van der Waals surface area contributed by atoms with Crippen molar-refractivity contribution in [1.82, 2.24) is 19.1 Å². The summed E-state index contributed by atoms with van der Waals surface area (Å²) < 4.78 is 27.5. The molecule has 178 valence electrons. The average molecular weight is 500 g/mol. The van der Waals surface area contributed by atoms with Gasteiger partial charge in [0.15, 0.2) is 0 Å². The van der Waals surface area contributed by atoms with Crippen LogP contribution in [0.3, 0.4) is 0 Å². The summed E-state index contributed by atoms with van der Waals surface area (Å²) in [6.07, 6.45) is 2.25.